The Balaban J connectivity index is 2.14. The minimum atomic E-state index is -0.344. The van der Waals surface area contributed by atoms with Gasteiger partial charge in [-0.3, -0.25) is 4.79 Å². The molecule has 0 heterocycles. The second kappa shape index (κ2) is 8.92. The van der Waals surface area contributed by atoms with E-state index in [4.69, 9.17) is 23.2 Å². The summed E-state index contributed by atoms with van der Waals surface area (Å²) in [5.74, 6) is -0.474. The summed E-state index contributed by atoms with van der Waals surface area (Å²) in [4.78, 5) is 14.5. The molecular weight excluding hydrogens is 373 g/mol. The number of rotatable bonds is 6. The van der Waals surface area contributed by atoms with Crippen molar-refractivity contribution in [2.45, 2.75) is 20.8 Å². The maximum atomic E-state index is 12.3. The fraction of sp³-hybridized carbons (Fsp3) is 0.263. The summed E-state index contributed by atoms with van der Waals surface area (Å²) in [6, 6.07) is 10.3. The molecular formula is C19H21Cl2N3O2. The molecule has 5 nitrogen and oxygen atoms in total. The Kier molecular flexibility index (Phi) is 6.89. The molecule has 2 N–H and O–H groups in total. The molecule has 0 fully saturated rings. The van der Waals surface area contributed by atoms with Gasteiger partial charge >= 0.3 is 0 Å². The summed E-state index contributed by atoms with van der Waals surface area (Å²) in [5.41, 5.74) is 4.78. The maximum absolute atomic E-state index is 12.3. The average molecular weight is 394 g/mol. The molecule has 0 bridgehead atoms. The number of benzene rings is 2. The molecule has 2 aromatic carbocycles. The summed E-state index contributed by atoms with van der Waals surface area (Å²) in [7, 11) is 0. The summed E-state index contributed by atoms with van der Waals surface area (Å²) in [6.45, 7) is 7.61. The molecule has 0 atom stereocenters. The second-order valence-corrected chi connectivity index (χ2v) is 6.48. The van der Waals surface area contributed by atoms with Crippen molar-refractivity contribution < 1.29 is 9.90 Å². The Morgan fingerprint density at radius 2 is 1.77 bits per heavy atom. The van der Waals surface area contributed by atoms with E-state index >= 15 is 0 Å². The first-order valence-corrected chi connectivity index (χ1v) is 9.01. The molecule has 0 aliphatic carbocycles. The van der Waals surface area contributed by atoms with Crippen LogP contribution in [0, 0.1) is 0 Å². The molecule has 0 unspecified atom stereocenters. The molecule has 2 rings (SSSR count). The van der Waals surface area contributed by atoms with Crippen molar-refractivity contribution in [3.8, 4) is 5.75 Å². The highest BCUT2D eigenvalue weighted by Gasteiger charge is 2.12. The lowest BCUT2D eigenvalue weighted by Crippen LogP contribution is -2.22. The molecule has 0 spiro atoms. The molecule has 0 radical (unpaired) electrons. The SMILES string of the molecule is CCN(CC)c1ccc(C(=O)N/N=C(\C)c2cc(Cl)cc(Cl)c2O)cc1. The first-order chi connectivity index (χ1) is 12.4. The number of hydrogen-bond donors (Lipinski definition) is 2. The molecule has 138 valence electrons. The summed E-state index contributed by atoms with van der Waals surface area (Å²) in [6.07, 6.45) is 0. The number of amides is 1. The average Bonchev–Trinajstić information content (AvgIpc) is 2.64. The molecule has 0 aromatic heterocycles. The molecule has 7 heteroatoms. The first kappa shape index (κ1) is 20.1. The summed E-state index contributed by atoms with van der Waals surface area (Å²) >= 11 is 11.9. The minimum absolute atomic E-state index is 0.125. The van der Waals surface area contributed by atoms with Crippen LogP contribution in [0.25, 0.3) is 0 Å². The van der Waals surface area contributed by atoms with E-state index in [2.05, 4.69) is 29.3 Å². The maximum Gasteiger partial charge on any atom is 0.271 e. The zero-order chi connectivity index (χ0) is 19.3. The van der Waals surface area contributed by atoms with Crippen LogP contribution in [-0.4, -0.2) is 29.8 Å². The number of carbonyl (C=O) groups is 1. The number of anilines is 1. The Morgan fingerprint density at radius 1 is 1.15 bits per heavy atom. The number of hydrogen-bond acceptors (Lipinski definition) is 4. The monoisotopic (exact) mass is 393 g/mol. The Bertz CT molecular complexity index is 816. The largest absolute Gasteiger partial charge is 0.506 e. The number of carbonyl (C=O) groups excluding carboxylic acids is 1. The van der Waals surface area contributed by atoms with Gasteiger partial charge in [0.15, 0.2) is 0 Å². The van der Waals surface area contributed by atoms with Gasteiger partial charge in [0.1, 0.15) is 5.75 Å². The molecule has 2 aromatic rings. The lowest BCUT2D eigenvalue weighted by Gasteiger charge is -2.20. The zero-order valence-electron chi connectivity index (χ0n) is 14.9. The quantitative estimate of drug-likeness (QED) is 0.552. The molecule has 0 aliphatic heterocycles. The van der Waals surface area contributed by atoms with Gasteiger partial charge in [-0.1, -0.05) is 23.2 Å². The molecule has 1 amide bonds. The van der Waals surface area contributed by atoms with E-state index in [0.29, 0.717) is 21.9 Å². The van der Waals surface area contributed by atoms with Crippen molar-refractivity contribution >= 4 is 40.5 Å². The van der Waals surface area contributed by atoms with Crippen LogP contribution >= 0.6 is 23.2 Å². The molecule has 26 heavy (non-hydrogen) atoms. The van der Waals surface area contributed by atoms with E-state index in [0.717, 1.165) is 18.8 Å². The normalized spacial score (nSPS) is 11.3. The van der Waals surface area contributed by atoms with Crippen molar-refractivity contribution in [3.05, 3.63) is 57.6 Å². The fourth-order valence-electron chi connectivity index (χ4n) is 2.51. The number of phenolic OH excluding ortho intramolecular Hbond substituents is 1. The topological polar surface area (TPSA) is 64.9 Å². The zero-order valence-corrected chi connectivity index (χ0v) is 16.4. The number of hydrazone groups is 1. The number of phenols is 1. The third-order valence-corrected chi connectivity index (χ3v) is 4.51. The van der Waals surface area contributed by atoms with Gasteiger partial charge in [0.25, 0.3) is 5.91 Å². The van der Waals surface area contributed by atoms with Gasteiger partial charge in [0.05, 0.1) is 10.7 Å². The fourth-order valence-corrected chi connectivity index (χ4v) is 3.01. The van der Waals surface area contributed by atoms with Crippen molar-refractivity contribution in [2.75, 3.05) is 18.0 Å². The van der Waals surface area contributed by atoms with Gasteiger partial charge < -0.3 is 10.0 Å². The van der Waals surface area contributed by atoms with Gasteiger partial charge in [-0.15, -0.1) is 0 Å². The van der Waals surface area contributed by atoms with E-state index in [9.17, 15) is 9.90 Å². The van der Waals surface area contributed by atoms with E-state index < -0.39 is 0 Å². The van der Waals surface area contributed by atoms with Crippen molar-refractivity contribution in [2.24, 2.45) is 5.10 Å². The van der Waals surface area contributed by atoms with Crippen LogP contribution in [0.2, 0.25) is 10.0 Å². The van der Waals surface area contributed by atoms with E-state index in [1.165, 1.54) is 12.1 Å². The third kappa shape index (κ3) is 4.68. The van der Waals surface area contributed by atoms with E-state index in [1.54, 1.807) is 19.1 Å². The number of nitrogens with one attached hydrogen (secondary N) is 1. The lowest BCUT2D eigenvalue weighted by atomic mass is 10.1. The van der Waals surface area contributed by atoms with Crippen LogP contribution in [0.4, 0.5) is 5.69 Å². The third-order valence-electron chi connectivity index (χ3n) is 4.00. The van der Waals surface area contributed by atoms with Gasteiger partial charge in [0.2, 0.25) is 0 Å². The number of nitrogens with zero attached hydrogens (tertiary/aromatic N) is 2. The van der Waals surface area contributed by atoms with Crippen molar-refractivity contribution in [3.63, 3.8) is 0 Å². The highest BCUT2D eigenvalue weighted by atomic mass is 35.5. The Hall–Kier alpha value is -2.24. The first-order valence-electron chi connectivity index (χ1n) is 8.25. The predicted octanol–water partition coefficient (Wildman–Crippen LogP) is 4.70. The molecule has 0 saturated heterocycles. The smallest absolute Gasteiger partial charge is 0.271 e. The van der Waals surface area contributed by atoms with Crippen LogP contribution in [0.1, 0.15) is 36.7 Å². The highest BCUT2D eigenvalue weighted by molar-refractivity contribution is 6.36. The second-order valence-electron chi connectivity index (χ2n) is 5.64. The van der Waals surface area contributed by atoms with Crippen LogP contribution in [0.3, 0.4) is 0 Å². The highest BCUT2D eigenvalue weighted by Crippen LogP contribution is 2.31. The van der Waals surface area contributed by atoms with Crippen LogP contribution in [0.15, 0.2) is 41.5 Å². The van der Waals surface area contributed by atoms with Gasteiger partial charge in [0, 0.05) is 34.9 Å². The summed E-state index contributed by atoms with van der Waals surface area (Å²) in [5, 5.41) is 14.5. The number of halogens is 2. The van der Waals surface area contributed by atoms with E-state index in [-0.39, 0.29) is 16.7 Å². The molecule has 0 saturated carbocycles. The van der Waals surface area contributed by atoms with Crippen molar-refractivity contribution in [1.82, 2.24) is 5.43 Å². The van der Waals surface area contributed by atoms with Crippen LogP contribution < -0.4 is 10.3 Å². The van der Waals surface area contributed by atoms with Crippen LogP contribution in [-0.2, 0) is 0 Å². The van der Waals surface area contributed by atoms with Crippen molar-refractivity contribution in [1.29, 1.82) is 0 Å². The Morgan fingerprint density at radius 3 is 2.35 bits per heavy atom. The number of aromatic hydroxyl groups is 1. The predicted molar refractivity (Wildman–Crippen MR) is 108 cm³/mol. The van der Waals surface area contributed by atoms with Gasteiger partial charge in [-0.05, 0) is 57.2 Å². The van der Waals surface area contributed by atoms with E-state index in [1.807, 2.05) is 12.1 Å². The standard InChI is InChI=1S/C19H21Cl2N3O2/c1-4-24(5-2)15-8-6-13(7-9-15)19(26)23-22-12(3)16-10-14(20)11-17(21)18(16)25/h6-11,25H,4-5H2,1-3H3,(H,23,26)/b22-12+. The van der Waals surface area contributed by atoms with Gasteiger partial charge in [-0.2, -0.15) is 5.10 Å². The minimum Gasteiger partial charge on any atom is -0.506 e. The lowest BCUT2D eigenvalue weighted by molar-refractivity contribution is 0.0955. The molecule has 0 aliphatic rings. The Labute approximate surface area is 163 Å². The van der Waals surface area contributed by atoms with Crippen LogP contribution in [0.5, 0.6) is 5.75 Å². The summed E-state index contributed by atoms with van der Waals surface area (Å²) < 4.78 is 0. The van der Waals surface area contributed by atoms with Gasteiger partial charge in [-0.25, -0.2) is 5.43 Å².